The molecule has 1 atom stereocenters. The predicted molar refractivity (Wildman–Crippen MR) is 92.3 cm³/mol. The summed E-state index contributed by atoms with van der Waals surface area (Å²) in [5, 5.41) is 4.28. The van der Waals surface area contributed by atoms with Crippen LogP contribution in [0.15, 0.2) is 60.0 Å². The van der Waals surface area contributed by atoms with Crippen molar-refractivity contribution in [2.24, 2.45) is 5.73 Å². The molecule has 2 aromatic carbocycles. The summed E-state index contributed by atoms with van der Waals surface area (Å²) in [5.74, 6) is 0.834. The maximum Gasteiger partial charge on any atom is 0.193 e. The SMILES string of the molecule is CCC(N)(Oc1cccc2ccccc12)c1cccs1.Cl. The van der Waals surface area contributed by atoms with Gasteiger partial charge in [0.2, 0.25) is 0 Å². The molecule has 21 heavy (non-hydrogen) atoms. The van der Waals surface area contributed by atoms with Crippen LogP contribution in [0.2, 0.25) is 0 Å². The zero-order valence-electron chi connectivity index (χ0n) is 11.8. The van der Waals surface area contributed by atoms with Gasteiger partial charge in [-0.3, -0.25) is 5.73 Å². The van der Waals surface area contributed by atoms with Gasteiger partial charge in [0, 0.05) is 11.8 Å². The molecule has 0 amide bonds. The summed E-state index contributed by atoms with van der Waals surface area (Å²) < 4.78 is 6.20. The molecule has 0 spiro atoms. The van der Waals surface area contributed by atoms with Crippen LogP contribution >= 0.6 is 23.7 Å². The Labute approximate surface area is 135 Å². The highest BCUT2D eigenvalue weighted by atomic mass is 35.5. The third-order valence-electron chi connectivity index (χ3n) is 3.51. The summed E-state index contributed by atoms with van der Waals surface area (Å²) in [5.41, 5.74) is 5.71. The number of ether oxygens (including phenoxy) is 1. The number of fused-ring (bicyclic) bond motifs is 1. The van der Waals surface area contributed by atoms with Crippen LogP contribution in [0.1, 0.15) is 18.2 Å². The van der Waals surface area contributed by atoms with E-state index in [9.17, 15) is 0 Å². The highest BCUT2D eigenvalue weighted by Crippen LogP contribution is 2.33. The molecule has 0 bridgehead atoms. The molecule has 0 aliphatic carbocycles. The quantitative estimate of drug-likeness (QED) is 0.692. The Morgan fingerprint density at radius 1 is 1.05 bits per heavy atom. The molecule has 1 heterocycles. The second kappa shape index (κ2) is 6.48. The van der Waals surface area contributed by atoms with E-state index in [1.54, 1.807) is 11.3 Å². The third kappa shape index (κ3) is 3.05. The minimum Gasteiger partial charge on any atom is -0.467 e. The number of hydrogen-bond acceptors (Lipinski definition) is 3. The van der Waals surface area contributed by atoms with Crippen LogP contribution in [0.5, 0.6) is 5.75 Å². The van der Waals surface area contributed by atoms with Crippen LogP contribution in [-0.2, 0) is 5.72 Å². The first-order valence-corrected chi connectivity index (χ1v) is 7.60. The third-order valence-corrected chi connectivity index (χ3v) is 4.53. The van der Waals surface area contributed by atoms with Crippen LogP contribution in [0, 0.1) is 0 Å². The van der Waals surface area contributed by atoms with Crippen LogP contribution < -0.4 is 10.5 Å². The zero-order chi connectivity index (χ0) is 14.0. The maximum absolute atomic E-state index is 6.47. The molecule has 0 fully saturated rings. The van der Waals surface area contributed by atoms with Gasteiger partial charge in [0.25, 0.3) is 0 Å². The largest absolute Gasteiger partial charge is 0.467 e. The minimum atomic E-state index is -0.766. The molecule has 4 heteroatoms. The monoisotopic (exact) mass is 319 g/mol. The normalized spacial score (nSPS) is 13.4. The lowest BCUT2D eigenvalue weighted by atomic mass is 10.1. The van der Waals surface area contributed by atoms with E-state index in [1.165, 1.54) is 0 Å². The number of rotatable bonds is 4. The molecule has 1 aromatic heterocycles. The molecule has 1 unspecified atom stereocenters. The summed E-state index contributed by atoms with van der Waals surface area (Å²) in [6.07, 6.45) is 0.719. The van der Waals surface area contributed by atoms with Crippen LogP contribution in [0.3, 0.4) is 0 Å². The first-order valence-electron chi connectivity index (χ1n) is 6.72. The van der Waals surface area contributed by atoms with Crippen LogP contribution in [-0.4, -0.2) is 0 Å². The van der Waals surface area contributed by atoms with Gasteiger partial charge in [-0.25, -0.2) is 0 Å². The Hall–Kier alpha value is -1.55. The van der Waals surface area contributed by atoms with Crippen molar-refractivity contribution < 1.29 is 4.74 Å². The van der Waals surface area contributed by atoms with Gasteiger partial charge >= 0.3 is 0 Å². The van der Waals surface area contributed by atoms with Crippen molar-refractivity contribution in [2.75, 3.05) is 0 Å². The van der Waals surface area contributed by atoms with Crippen molar-refractivity contribution in [2.45, 2.75) is 19.1 Å². The number of benzene rings is 2. The Morgan fingerprint density at radius 2 is 1.81 bits per heavy atom. The fraction of sp³-hybridized carbons (Fsp3) is 0.176. The molecular formula is C17H18ClNOS. The fourth-order valence-electron chi connectivity index (χ4n) is 2.30. The average Bonchev–Trinajstić information content (AvgIpc) is 3.02. The van der Waals surface area contributed by atoms with Crippen molar-refractivity contribution >= 4 is 34.5 Å². The standard InChI is InChI=1S/C17H17NOS.ClH/c1-2-17(18,16-11-6-12-20-16)19-15-10-5-8-13-7-3-4-9-14(13)15;/h3-12H,2,18H2,1H3;1H. The second-order valence-electron chi connectivity index (χ2n) is 4.80. The number of hydrogen-bond donors (Lipinski definition) is 1. The van der Waals surface area contributed by atoms with Gasteiger partial charge in [0.05, 0.1) is 4.88 Å². The van der Waals surface area contributed by atoms with Crippen LogP contribution in [0.25, 0.3) is 10.8 Å². The lowest BCUT2D eigenvalue weighted by molar-refractivity contribution is 0.0746. The summed E-state index contributed by atoms with van der Waals surface area (Å²) in [6, 6.07) is 18.3. The van der Waals surface area contributed by atoms with E-state index in [-0.39, 0.29) is 12.4 Å². The van der Waals surface area contributed by atoms with Gasteiger partial charge < -0.3 is 4.74 Å². The molecule has 3 aromatic rings. The van der Waals surface area contributed by atoms with E-state index in [2.05, 4.69) is 18.2 Å². The number of halogens is 1. The summed E-state index contributed by atoms with van der Waals surface area (Å²) in [4.78, 5) is 1.05. The Bertz CT molecular complexity index is 708. The topological polar surface area (TPSA) is 35.2 Å². The van der Waals surface area contributed by atoms with Gasteiger partial charge in [-0.2, -0.15) is 0 Å². The molecule has 0 radical (unpaired) electrons. The molecule has 0 saturated heterocycles. The summed E-state index contributed by atoms with van der Waals surface area (Å²) >= 11 is 1.63. The van der Waals surface area contributed by atoms with E-state index in [4.69, 9.17) is 10.5 Å². The molecule has 2 N–H and O–H groups in total. The summed E-state index contributed by atoms with van der Waals surface area (Å²) in [6.45, 7) is 2.05. The molecule has 0 saturated carbocycles. The van der Waals surface area contributed by atoms with Gasteiger partial charge in [0.15, 0.2) is 5.72 Å². The van der Waals surface area contributed by atoms with E-state index in [0.717, 1.165) is 27.8 Å². The van der Waals surface area contributed by atoms with Gasteiger partial charge in [-0.1, -0.05) is 49.4 Å². The lowest BCUT2D eigenvalue weighted by Crippen LogP contribution is -2.41. The molecular weight excluding hydrogens is 302 g/mol. The molecule has 3 rings (SSSR count). The Balaban J connectivity index is 0.00000161. The van der Waals surface area contributed by atoms with E-state index in [0.29, 0.717) is 0 Å². The molecule has 0 aliphatic rings. The van der Waals surface area contributed by atoms with Crippen molar-refractivity contribution in [3.63, 3.8) is 0 Å². The maximum atomic E-state index is 6.47. The molecule has 2 nitrogen and oxygen atoms in total. The van der Waals surface area contributed by atoms with Crippen LogP contribution in [0.4, 0.5) is 0 Å². The smallest absolute Gasteiger partial charge is 0.193 e. The van der Waals surface area contributed by atoms with E-state index >= 15 is 0 Å². The number of thiophene rings is 1. The predicted octanol–water partition coefficient (Wildman–Crippen LogP) is 4.92. The van der Waals surface area contributed by atoms with Gasteiger partial charge in [-0.05, 0) is 22.9 Å². The molecule has 110 valence electrons. The summed E-state index contributed by atoms with van der Waals surface area (Å²) in [7, 11) is 0. The van der Waals surface area contributed by atoms with E-state index < -0.39 is 5.72 Å². The van der Waals surface area contributed by atoms with Crippen molar-refractivity contribution in [3.05, 3.63) is 64.9 Å². The Kier molecular flexibility index (Phi) is 4.88. The van der Waals surface area contributed by atoms with Gasteiger partial charge in [0.1, 0.15) is 5.75 Å². The van der Waals surface area contributed by atoms with E-state index in [1.807, 2.05) is 48.7 Å². The van der Waals surface area contributed by atoms with Crippen molar-refractivity contribution in [1.82, 2.24) is 0 Å². The Morgan fingerprint density at radius 3 is 2.52 bits per heavy atom. The second-order valence-corrected chi connectivity index (χ2v) is 5.75. The lowest BCUT2D eigenvalue weighted by Gasteiger charge is -2.29. The molecule has 0 aliphatic heterocycles. The van der Waals surface area contributed by atoms with Crippen molar-refractivity contribution in [1.29, 1.82) is 0 Å². The highest BCUT2D eigenvalue weighted by Gasteiger charge is 2.29. The average molecular weight is 320 g/mol. The first-order chi connectivity index (χ1) is 9.73. The number of nitrogens with two attached hydrogens (primary N) is 1. The first kappa shape index (κ1) is 15.8. The fourth-order valence-corrected chi connectivity index (χ4v) is 3.14. The van der Waals surface area contributed by atoms with Crippen molar-refractivity contribution in [3.8, 4) is 5.75 Å². The highest BCUT2D eigenvalue weighted by molar-refractivity contribution is 7.10. The zero-order valence-corrected chi connectivity index (χ0v) is 13.4. The minimum absolute atomic E-state index is 0. The van der Waals surface area contributed by atoms with Gasteiger partial charge in [-0.15, -0.1) is 23.7 Å².